The zero-order valence-electron chi connectivity index (χ0n) is 11.8. The second-order valence-corrected chi connectivity index (χ2v) is 6.64. The van der Waals surface area contributed by atoms with E-state index in [1.54, 1.807) is 6.92 Å². The van der Waals surface area contributed by atoms with Gasteiger partial charge in [-0.15, -0.1) is 0 Å². The van der Waals surface area contributed by atoms with Crippen molar-refractivity contribution >= 4 is 39.7 Å². The number of aromatic nitrogens is 1. The topological polar surface area (TPSA) is 53.4 Å². The number of carbonyl (C=O) groups is 1. The number of carboxylic acids is 1. The third-order valence-electron chi connectivity index (χ3n) is 3.65. The molecule has 4 nitrogen and oxygen atoms in total. The van der Waals surface area contributed by atoms with E-state index in [2.05, 4.69) is 11.1 Å². The zero-order valence-corrected chi connectivity index (χ0v) is 13.3. The third-order valence-corrected chi connectivity index (χ3v) is 5.20. The Labute approximate surface area is 132 Å². The lowest BCUT2D eigenvalue weighted by Crippen LogP contribution is -2.09. The highest BCUT2D eigenvalue weighted by molar-refractivity contribution is 7.17. The number of rotatable bonds is 4. The molecule has 110 valence electrons. The monoisotopic (exact) mass is 322 g/mol. The highest BCUT2D eigenvalue weighted by Crippen LogP contribution is 2.44. The van der Waals surface area contributed by atoms with E-state index in [0.717, 1.165) is 10.7 Å². The Bertz CT molecular complexity index is 710. The molecule has 2 aromatic rings. The molecule has 1 aliphatic rings. The van der Waals surface area contributed by atoms with E-state index in [1.807, 2.05) is 24.1 Å². The first-order chi connectivity index (χ1) is 9.97. The molecule has 1 heterocycles. The quantitative estimate of drug-likeness (QED) is 0.903. The van der Waals surface area contributed by atoms with Gasteiger partial charge >= 0.3 is 5.97 Å². The van der Waals surface area contributed by atoms with Crippen molar-refractivity contribution in [2.75, 3.05) is 11.9 Å². The summed E-state index contributed by atoms with van der Waals surface area (Å²) < 4.78 is 0. The molecular weight excluding hydrogens is 308 g/mol. The first-order valence-electron chi connectivity index (χ1n) is 6.71. The van der Waals surface area contributed by atoms with Gasteiger partial charge in [0.15, 0.2) is 5.13 Å². The lowest BCUT2D eigenvalue weighted by atomic mass is 10.1. The fourth-order valence-corrected chi connectivity index (χ4v) is 3.50. The minimum absolute atomic E-state index is 0.276. The van der Waals surface area contributed by atoms with Gasteiger partial charge in [-0.1, -0.05) is 29.0 Å². The zero-order chi connectivity index (χ0) is 15.1. The largest absolute Gasteiger partial charge is 0.477 e. The van der Waals surface area contributed by atoms with Gasteiger partial charge in [0.1, 0.15) is 4.88 Å². The van der Waals surface area contributed by atoms with E-state index in [1.165, 1.54) is 29.7 Å². The van der Waals surface area contributed by atoms with Crippen molar-refractivity contribution in [3.05, 3.63) is 39.4 Å². The van der Waals surface area contributed by atoms with Gasteiger partial charge in [-0.25, -0.2) is 9.78 Å². The van der Waals surface area contributed by atoms with E-state index in [0.29, 0.717) is 16.7 Å². The Morgan fingerprint density at radius 1 is 1.48 bits per heavy atom. The molecule has 0 unspecified atom stereocenters. The minimum Gasteiger partial charge on any atom is -0.477 e. The summed E-state index contributed by atoms with van der Waals surface area (Å²) >= 11 is 7.52. The molecule has 1 fully saturated rings. The van der Waals surface area contributed by atoms with Gasteiger partial charge in [-0.05, 0) is 43.4 Å². The number of carboxylic acid groups (broad SMARTS) is 1. The van der Waals surface area contributed by atoms with Gasteiger partial charge in [-0.2, -0.15) is 0 Å². The maximum atomic E-state index is 11.1. The summed E-state index contributed by atoms with van der Waals surface area (Å²) in [5.41, 5.74) is 2.65. The van der Waals surface area contributed by atoms with Gasteiger partial charge in [0.25, 0.3) is 0 Å². The minimum atomic E-state index is -0.938. The van der Waals surface area contributed by atoms with Crippen molar-refractivity contribution < 1.29 is 9.90 Å². The normalized spacial score (nSPS) is 14.2. The van der Waals surface area contributed by atoms with Crippen LogP contribution >= 0.6 is 22.9 Å². The molecule has 6 heteroatoms. The van der Waals surface area contributed by atoms with E-state index in [-0.39, 0.29) is 4.88 Å². The fourth-order valence-electron chi connectivity index (χ4n) is 2.28. The van der Waals surface area contributed by atoms with E-state index in [4.69, 9.17) is 16.7 Å². The number of hydrogen-bond donors (Lipinski definition) is 1. The Balaban J connectivity index is 1.91. The summed E-state index contributed by atoms with van der Waals surface area (Å²) in [6.07, 6.45) is 2.42. The summed E-state index contributed by atoms with van der Waals surface area (Å²) in [6, 6.07) is 5.99. The summed E-state index contributed by atoms with van der Waals surface area (Å²) in [5, 5.41) is 10.5. The summed E-state index contributed by atoms with van der Waals surface area (Å²) in [4.78, 5) is 17.6. The predicted octanol–water partition coefficient (Wildman–Crippen LogP) is 4.45. The average Bonchev–Trinajstić information content (AvgIpc) is 3.19. The number of aryl methyl sites for hydroxylation is 1. The van der Waals surface area contributed by atoms with Gasteiger partial charge in [-0.3, -0.25) is 0 Å². The molecule has 21 heavy (non-hydrogen) atoms. The van der Waals surface area contributed by atoms with Crippen LogP contribution in [0, 0.1) is 6.92 Å². The van der Waals surface area contributed by atoms with Crippen LogP contribution in [0.4, 0.5) is 10.8 Å². The standard InChI is InChI=1S/C15H15ClN2O2S/c1-8-13(14(19)20)21-15(17-8)18(2)10-5-6-11(9-3-4-9)12(16)7-10/h5-7,9H,3-4H2,1-2H3,(H,19,20). The number of aromatic carboxylic acids is 1. The Hall–Kier alpha value is -1.59. The smallest absolute Gasteiger partial charge is 0.347 e. The molecule has 0 amide bonds. The van der Waals surface area contributed by atoms with Crippen LogP contribution in [-0.4, -0.2) is 23.1 Å². The van der Waals surface area contributed by atoms with Crippen LogP contribution in [0.1, 0.15) is 39.7 Å². The SMILES string of the molecule is Cc1nc(N(C)c2ccc(C3CC3)c(Cl)c2)sc1C(=O)O. The molecule has 1 aromatic carbocycles. The number of nitrogens with zero attached hydrogens (tertiary/aromatic N) is 2. The second-order valence-electron chi connectivity index (χ2n) is 5.26. The van der Waals surface area contributed by atoms with Crippen molar-refractivity contribution in [3.63, 3.8) is 0 Å². The lowest BCUT2D eigenvalue weighted by molar-refractivity contribution is 0.0701. The molecule has 0 atom stereocenters. The Morgan fingerprint density at radius 3 is 2.71 bits per heavy atom. The van der Waals surface area contributed by atoms with Crippen molar-refractivity contribution in [1.29, 1.82) is 0 Å². The maximum Gasteiger partial charge on any atom is 0.347 e. The number of hydrogen-bond acceptors (Lipinski definition) is 4. The number of thiazole rings is 1. The Kier molecular flexibility index (Phi) is 3.63. The molecule has 1 aliphatic carbocycles. The highest BCUT2D eigenvalue weighted by Gasteiger charge is 2.26. The number of halogens is 1. The van der Waals surface area contributed by atoms with Crippen LogP contribution in [0.2, 0.25) is 5.02 Å². The molecular formula is C15H15ClN2O2S. The second kappa shape index (κ2) is 5.31. The highest BCUT2D eigenvalue weighted by atomic mass is 35.5. The molecule has 0 aliphatic heterocycles. The van der Waals surface area contributed by atoms with E-state index >= 15 is 0 Å². The average molecular weight is 323 g/mol. The fraction of sp³-hybridized carbons (Fsp3) is 0.333. The Morgan fingerprint density at radius 2 is 2.19 bits per heavy atom. The summed E-state index contributed by atoms with van der Waals surface area (Å²) in [5.74, 6) is -0.329. The number of benzene rings is 1. The van der Waals surface area contributed by atoms with Crippen molar-refractivity contribution in [1.82, 2.24) is 4.98 Å². The van der Waals surface area contributed by atoms with E-state index < -0.39 is 5.97 Å². The van der Waals surface area contributed by atoms with Crippen LogP contribution in [0.25, 0.3) is 0 Å². The molecule has 3 rings (SSSR count). The van der Waals surface area contributed by atoms with Gasteiger partial charge in [0, 0.05) is 17.8 Å². The molecule has 0 spiro atoms. The predicted molar refractivity (Wildman–Crippen MR) is 85.3 cm³/mol. The van der Waals surface area contributed by atoms with Crippen LogP contribution in [-0.2, 0) is 0 Å². The first-order valence-corrected chi connectivity index (χ1v) is 7.90. The molecule has 0 bridgehead atoms. The number of anilines is 2. The van der Waals surface area contributed by atoms with E-state index in [9.17, 15) is 4.79 Å². The van der Waals surface area contributed by atoms with Crippen molar-refractivity contribution in [3.8, 4) is 0 Å². The molecule has 0 saturated heterocycles. The van der Waals surface area contributed by atoms with Crippen molar-refractivity contribution in [2.45, 2.75) is 25.7 Å². The lowest BCUT2D eigenvalue weighted by Gasteiger charge is -2.17. The molecule has 1 aromatic heterocycles. The maximum absolute atomic E-state index is 11.1. The molecule has 1 N–H and O–H groups in total. The summed E-state index contributed by atoms with van der Waals surface area (Å²) in [6.45, 7) is 1.71. The van der Waals surface area contributed by atoms with Crippen LogP contribution in [0.15, 0.2) is 18.2 Å². The van der Waals surface area contributed by atoms with Gasteiger partial charge < -0.3 is 10.0 Å². The van der Waals surface area contributed by atoms with Gasteiger partial charge in [0.05, 0.1) is 5.69 Å². The third kappa shape index (κ3) is 2.76. The van der Waals surface area contributed by atoms with Crippen molar-refractivity contribution in [2.24, 2.45) is 0 Å². The van der Waals surface area contributed by atoms with Gasteiger partial charge in [0.2, 0.25) is 0 Å². The first kappa shape index (κ1) is 14.4. The molecule has 0 radical (unpaired) electrons. The van der Waals surface area contributed by atoms with Crippen LogP contribution < -0.4 is 4.90 Å². The summed E-state index contributed by atoms with van der Waals surface area (Å²) in [7, 11) is 1.87. The van der Waals surface area contributed by atoms with Crippen LogP contribution in [0.5, 0.6) is 0 Å². The molecule has 1 saturated carbocycles. The van der Waals surface area contributed by atoms with Crippen LogP contribution in [0.3, 0.4) is 0 Å².